The molecule has 0 aliphatic heterocycles. The van der Waals surface area contributed by atoms with Crippen LogP contribution in [-0.2, 0) is 4.79 Å². The van der Waals surface area contributed by atoms with E-state index < -0.39 is 16.6 Å². The molecule has 2 aromatic carbocycles. The second kappa shape index (κ2) is 7.60. The molecule has 0 bridgehead atoms. The molecule has 0 aromatic heterocycles. The monoisotopic (exact) mass is 353 g/mol. The number of carbonyl (C=O) groups is 1. The number of amides is 1. The average molecular weight is 354 g/mol. The lowest BCUT2D eigenvalue weighted by atomic mass is 10.2. The Bertz CT molecular complexity index is 785. The van der Waals surface area contributed by atoms with Gasteiger partial charge in [0.15, 0.2) is 0 Å². The molecule has 0 aliphatic carbocycles. The largest absolute Gasteiger partial charge is 0.495 e. The van der Waals surface area contributed by atoms with Crippen molar-refractivity contribution < 1.29 is 18.8 Å². The molecule has 7 nitrogen and oxygen atoms in total. The minimum absolute atomic E-state index is 0.110. The summed E-state index contributed by atoms with van der Waals surface area (Å²) in [4.78, 5) is 22.2. The van der Waals surface area contributed by atoms with Crippen LogP contribution in [-0.4, -0.2) is 24.5 Å². The number of anilines is 2. The summed E-state index contributed by atoms with van der Waals surface area (Å²) in [5, 5.41) is 16.0. The molecule has 24 heavy (non-hydrogen) atoms. The van der Waals surface area contributed by atoms with Crippen molar-refractivity contribution in [2.75, 3.05) is 24.3 Å². The quantitative estimate of drug-likeness (QED) is 0.613. The van der Waals surface area contributed by atoms with Gasteiger partial charge in [-0.1, -0.05) is 11.6 Å². The molecule has 1 amide bonds. The summed E-state index contributed by atoms with van der Waals surface area (Å²) < 4.78 is 18.1. The van der Waals surface area contributed by atoms with E-state index in [9.17, 15) is 19.3 Å². The van der Waals surface area contributed by atoms with Crippen molar-refractivity contribution in [3.05, 3.63) is 57.4 Å². The highest BCUT2D eigenvalue weighted by atomic mass is 35.5. The van der Waals surface area contributed by atoms with Gasteiger partial charge in [-0.05, 0) is 24.3 Å². The van der Waals surface area contributed by atoms with E-state index in [2.05, 4.69) is 10.6 Å². The van der Waals surface area contributed by atoms with Crippen LogP contribution in [0.1, 0.15) is 0 Å². The van der Waals surface area contributed by atoms with Gasteiger partial charge in [0.25, 0.3) is 5.69 Å². The zero-order valence-electron chi connectivity index (χ0n) is 12.5. The fourth-order valence-corrected chi connectivity index (χ4v) is 2.08. The fraction of sp³-hybridized carbons (Fsp3) is 0.133. The van der Waals surface area contributed by atoms with Crippen molar-refractivity contribution in [2.45, 2.75) is 0 Å². The van der Waals surface area contributed by atoms with Gasteiger partial charge in [-0.25, -0.2) is 4.39 Å². The molecule has 0 atom stereocenters. The zero-order chi connectivity index (χ0) is 17.7. The number of nitro benzene ring substituents is 1. The van der Waals surface area contributed by atoms with Crippen molar-refractivity contribution in [2.24, 2.45) is 0 Å². The van der Waals surface area contributed by atoms with Crippen molar-refractivity contribution >= 4 is 34.6 Å². The number of nitrogens with one attached hydrogen (secondary N) is 2. The molecule has 0 saturated heterocycles. The van der Waals surface area contributed by atoms with E-state index in [4.69, 9.17) is 16.3 Å². The molecule has 0 unspecified atom stereocenters. The number of non-ortho nitro benzene ring substituents is 1. The highest BCUT2D eigenvalue weighted by molar-refractivity contribution is 6.31. The molecule has 9 heteroatoms. The first-order valence-electron chi connectivity index (χ1n) is 6.72. The molecular formula is C15H13ClFN3O4. The van der Waals surface area contributed by atoms with Gasteiger partial charge in [0.2, 0.25) is 5.91 Å². The van der Waals surface area contributed by atoms with Gasteiger partial charge in [0.1, 0.15) is 11.6 Å². The van der Waals surface area contributed by atoms with Crippen molar-refractivity contribution in [3.8, 4) is 5.75 Å². The van der Waals surface area contributed by atoms with Gasteiger partial charge in [0.05, 0.1) is 29.3 Å². The lowest BCUT2D eigenvalue weighted by Gasteiger charge is -2.11. The summed E-state index contributed by atoms with van der Waals surface area (Å²) in [7, 11) is 1.41. The van der Waals surface area contributed by atoms with Gasteiger partial charge in [0, 0.05) is 17.8 Å². The van der Waals surface area contributed by atoms with Gasteiger partial charge in [-0.2, -0.15) is 0 Å². The van der Waals surface area contributed by atoms with Crippen LogP contribution >= 0.6 is 11.6 Å². The number of nitrogens with zero attached hydrogens (tertiary/aromatic N) is 1. The van der Waals surface area contributed by atoms with E-state index in [1.165, 1.54) is 37.4 Å². The van der Waals surface area contributed by atoms with Gasteiger partial charge >= 0.3 is 0 Å². The average Bonchev–Trinajstić information content (AvgIpc) is 2.56. The Morgan fingerprint density at radius 1 is 1.33 bits per heavy atom. The minimum Gasteiger partial charge on any atom is -0.495 e. The molecule has 0 radical (unpaired) electrons. The molecule has 126 valence electrons. The molecular weight excluding hydrogens is 341 g/mol. The first-order valence-corrected chi connectivity index (χ1v) is 7.09. The van der Waals surface area contributed by atoms with E-state index in [1.807, 2.05) is 0 Å². The van der Waals surface area contributed by atoms with E-state index in [0.29, 0.717) is 17.1 Å². The summed E-state index contributed by atoms with van der Waals surface area (Å²) in [5.74, 6) is -0.668. The van der Waals surface area contributed by atoms with Gasteiger partial charge < -0.3 is 15.4 Å². The first kappa shape index (κ1) is 17.5. The van der Waals surface area contributed by atoms with Crippen LogP contribution in [0, 0.1) is 15.9 Å². The minimum atomic E-state index is -0.589. The van der Waals surface area contributed by atoms with Crippen LogP contribution in [0.25, 0.3) is 0 Å². The number of benzene rings is 2. The smallest absolute Gasteiger partial charge is 0.271 e. The van der Waals surface area contributed by atoms with Crippen molar-refractivity contribution in [3.63, 3.8) is 0 Å². The van der Waals surface area contributed by atoms with Crippen LogP contribution in [0.4, 0.5) is 21.5 Å². The normalized spacial score (nSPS) is 10.1. The van der Waals surface area contributed by atoms with Crippen molar-refractivity contribution in [1.82, 2.24) is 0 Å². The second-order valence-electron chi connectivity index (χ2n) is 4.67. The fourth-order valence-electron chi connectivity index (χ4n) is 1.90. The molecule has 0 spiro atoms. The predicted octanol–water partition coefficient (Wildman–Crippen LogP) is 3.45. The number of ether oxygens (including phenoxy) is 1. The number of hydrogen-bond acceptors (Lipinski definition) is 5. The molecule has 0 heterocycles. The van der Waals surface area contributed by atoms with E-state index >= 15 is 0 Å². The third-order valence-corrected chi connectivity index (χ3v) is 3.33. The summed E-state index contributed by atoms with van der Waals surface area (Å²) in [5.41, 5.74) is 0.502. The molecule has 2 N–H and O–H groups in total. The third kappa shape index (κ3) is 4.32. The Morgan fingerprint density at radius 2 is 2.08 bits per heavy atom. The molecule has 0 fully saturated rings. The Morgan fingerprint density at radius 3 is 2.71 bits per heavy atom. The van der Waals surface area contributed by atoms with Crippen LogP contribution in [0.2, 0.25) is 5.02 Å². The van der Waals surface area contributed by atoms with Crippen LogP contribution in [0.15, 0.2) is 36.4 Å². The lowest BCUT2D eigenvalue weighted by molar-refractivity contribution is -0.384. The Labute approximate surface area is 141 Å². The molecule has 2 aromatic rings. The number of hydrogen-bond donors (Lipinski definition) is 2. The summed E-state index contributed by atoms with van der Waals surface area (Å²) in [6.07, 6.45) is 0. The maximum atomic E-state index is 13.1. The topological polar surface area (TPSA) is 93.5 Å². The SMILES string of the molecule is COc1ccc([N+](=O)[O-])cc1NCC(=O)Nc1ccc(F)c(Cl)c1. The Hall–Kier alpha value is -2.87. The number of halogens is 2. The molecule has 0 saturated carbocycles. The second-order valence-corrected chi connectivity index (χ2v) is 5.08. The predicted molar refractivity (Wildman–Crippen MR) is 88.2 cm³/mol. The molecule has 0 aliphatic rings. The number of nitro groups is 1. The maximum Gasteiger partial charge on any atom is 0.271 e. The van der Waals surface area contributed by atoms with E-state index in [1.54, 1.807) is 0 Å². The summed E-state index contributed by atoms with van der Waals surface area (Å²) in [6, 6.07) is 7.77. The number of methoxy groups -OCH3 is 1. The highest BCUT2D eigenvalue weighted by Gasteiger charge is 2.12. The van der Waals surface area contributed by atoms with Gasteiger partial charge in [-0.3, -0.25) is 14.9 Å². The third-order valence-electron chi connectivity index (χ3n) is 3.04. The number of rotatable bonds is 6. The maximum absolute atomic E-state index is 13.1. The highest BCUT2D eigenvalue weighted by Crippen LogP contribution is 2.28. The zero-order valence-corrected chi connectivity index (χ0v) is 13.3. The first-order chi connectivity index (χ1) is 11.4. The van der Waals surface area contributed by atoms with Crippen molar-refractivity contribution in [1.29, 1.82) is 0 Å². The lowest BCUT2D eigenvalue weighted by Crippen LogP contribution is -2.22. The number of carbonyl (C=O) groups excluding carboxylic acids is 1. The summed E-state index contributed by atoms with van der Waals surface area (Å²) >= 11 is 5.63. The van der Waals surface area contributed by atoms with Crippen LogP contribution in [0.5, 0.6) is 5.75 Å². The summed E-state index contributed by atoms with van der Waals surface area (Å²) in [6.45, 7) is -0.174. The van der Waals surface area contributed by atoms with E-state index in [0.717, 1.165) is 6.07 Å². The Kier molecular flexibility index (Phi) is 5.54. The van der Waals surface area contributed by atoms with Crippen LogP contribution in [0.3, 0.4) is 0 Å². The Balaban J connectivity index is 2.04. The molecule has 2 rings (SSSR count). The standard InChI is InChI=1S/C15H13ClFN3O4/c1-24-14-5-3-10(20(22)23)7-13(14)18-8-15(21)19-9-2-4-12(17)11(16)6-9/h2-7,18H,8H2,1H3,(H,19,21). The van der Waals surface area contributed by atoms with Gasteiger partial charge in [-0.15, -0.1) is 0 Å². The van der Waals surface area contributed by atoms with Crippen LogP contribution < -0.4 is 15.4 Å². The van der Waals surface area contributed by atoms with E-state index in [-0.39, 0.29) is 17.3 Å².